The first-order chi connectivity index (χ1) is 12.8. The molecule has 2 aromatic rings. The Bertz CT molecular complexity index is 715. The fourth-order valence-electron chi connectivity index (χ4n) is 4.31. The molecular weight excluding hydrogens is 324 g/mol. The van der Waals surface area contributed by atoms with Gasteiger partial charge in [-0.1, -0.05) is 6.07 Å². The van der Waals surface area contributed by atoms with E-state index in [0.717, 1.165) is 45.6 Å². The lowest BCUT2D eigenvalue weighted by molar-refractivity contribution is -0.136. The summed E-state index contributed by atoms with van der Waals surface area (Å²) in [5, 5.41) is 0. The predicted octanol–water partition coefficient (Wildman–Crippen LogP) is 2.70. The largest absolute Gasteiger partial charge is 0.342 e. The molecule has 2 atom stereocenters. The summed E-state index contributed by atoms with van der Waals surface area (Å²) in [6.07, 6.45) is 10.9. The highest BCUT2D eigenvalue weighted by Gasteiger charge is 2.40. The maximum atomic E-state index is 13.3. The molecule has 5 nitrogen and oxygen atoms in total. The molecule has 0 unspecified atom stereocenters. The molecule has 5 heteroatoms. The second kappa shape index (κ2) is 7.96. The molecule has 0 bridgehead atoms. The van der Waals surface area contributed by atoms with Crippen molar-refractivity contribution < 1.29 is 4.79 Å². The van der Waals surface area contributed by atoms with Gasteiger partial charge in [-0.15, -0.1) is 0 Å². The lowest BCUT2D eigenvalue weighted by Crippen LogP contribution is -2.41. The first-order valence-electron chi connectivity index (χ1n) is 9.61. The van der Waals surface area contributed by atoms with E-state index in [2.05, 4.69) is 38.0 Å². The number of likely N-dealkylation sites (tertiary alicyclic amines) is 2. The van der Waals surface area contributed by atoms with Crippen molar-refractivity contribution in [2.75, 3.05) is 26.2 Å². The summed E-state index contributed by atoms with van der Waals surface area (Å²) in [5.41, 5.74) is 2.43. The van der Waals surface area contributed by atoms with Crippen molar-refractivity contribution in [3.8, 4) is 0 Å². The zero-order valence-corrected chi connectivity index (χ0v) is 15.1. The fourth-order valence-corrected chi connectivity index (χ4v) is 4.31. The van der Waals surface area contributed by atoms with Gasteiger partial charge in [0, 0.05) is 63.4 Å². The zero-order valence-electron chi connectivity index (χ0n) is 15.1. The lowest BCUT2D eigenvalue weighted by Gasteiger charge is -2.31. The van der Waals surface area contributed by atoms with Crippen LogP contribution in [0, 0.1) is 5.92 Å². The molecule has 136 valence electrons. The maximum absolute atomic E-state index is 13.3. The topological polar surface area (TPSA) is 49.3 Å². The maximum Gasteiger partial charge on any atom is 0.227 e. The Labute approximate surface area is 155 Å². The average Bonchev–Trinajstić information content (AvgIpc) is 3.13. The number of hydrogen-bond acceptors (Lipinski definition) is 4. The van der Waals surface area contributed by atoms with Crippen LogP contribution in [0.4, 0.5) is 0 Å². The predicted molar refractivity (Wildman–Crippen MR) is 100 cm³/mol. The highest BCUT2D eigenvalue weighted by atomic mass is 16.2. The van der Waals surface area contributed by atoms with E-state index in [1.807, 2.05) is 24.7 Å². The highest BCUT2D eigenvalue weighted by Crippen LogP contribution is 2.35. The van der Waals surface area contributed by atoms with Crippen LogP contribution in [0.2, 0.25) is 0 Å². The molecule has 2 aliphatic heterocycles. The molecular formula is C21H26N4O. The van der Waals surface area contributed by atoms with Gasteiger partial charge in [-0.3, -0.25) is 19.7 Å². The van der Waals surface area contributed by atoms with Gasteiger partial charge >= 0.3 is 0 Å². The molecule has 0 aromatic carbocycles. The van der Waals surface area contributed by atoms with Crippen LogP contribution in [0.3, 0.4) is 0 Å². The molecule has 0 saturated carbocycles. The van der Waals surface area contributed by atoms with E-state index in [9.17, 15) is 4.79 Å². The van der Waals surface area contributed by atoms with E-state index in [4.69, 9.17) is 0 Å². The molecule has 0 spiro atoms. The van der Waals surface area contributed by atoms with Gasteiger partial charge in [-0.25, -0.2) is 0 Å². The van der Waals surface area contributed by atoms with Crippen molar-refractivity contribution in [2.24, 2.45) is 5.92 Å². The van der Waals surface area contributed by atoms with Gasteiger partial charge in [0.15, 0.2) is 0 Å². The Kier molecular flexibility index (Phi) is 5.25. The van der Waals surface area contributed by atoms with Gasteiger partial charge in [0.25, 0.3) is 0 Å². The molecule has 2 fully saturated rings. The molecule has 4 heterocycles. The van der Waals surface area contributed by atoms with Gasteiger partial charge < -0.3 is 4.90 Å². The number of nitrogens with zero attached hydrogens (tertiary/aromatic N) is 4. The summed E-state index contributed by atoms with van der Waals surface area (Å²) in [4.78, 5) is 26.1. The van der Waals surface area contributed by atoms with Crippen LogP contribution in [0.1, 0.15) is 36.3 Å². The van der Waals surface area contributed by atoms with Crippen LogP contribution in [0.15, 0.2) is 49.1 Å². The number of amides is 1. The van der Waals surface area contributed by atoms with Crippen molar-refractivity contribution in [2.45, 2.75) is 31.7 Å². The normalized spacial score (nSPS) is 23.9. The molecule has 26 heavy (non-hydrogen) atoms. The van der Waals surface area contributed by atoms with Crippen molar-refractivity contribution in [1.29, 1.82) is 0 Å². The Morgan fingerprint density at radius 2 is 1.81 bits per heavy atom. The number of piperidine rings is 1. The standard InChI is InChI=1S/C21H26N4O/c26-21(25-11-2-1-3-12-25)20-16-24(14-17-5-4-8-23-13-17)15-19(20)18-6-9-22-10-7-18/h4-10,13,19-20H,1-3,11-12,14-16H2/t19-,20+/m0/s1. The van der Waals surface area contributed by atoms with Crippen LogP contribution >= 0.6 is 0 Å². The van der Waals surface area contributed by atoms with Crippen LogP contribution in [0.25, 0.3) is 0 Å². The quantitative estimate of drug-likeness (QED) is 0.851. The minimum atomic E-state index is 0.0344. The highest BCUT2D eigenvalue weighted by molar-refractivity contribution is 5.80. The Hall–Kier alpha value is -2.27. The lowest BCUT2D eigenvalue weighted by atomic mass is 9.88. The summed E-state index contributed by atoms with van der Waals surface area (Å²) in [7, 11) is 0. The Balaban J connectivity index is 1.53. The number of rotatable bonds is 4. The van der Waals surface area contributed by atoms with Crippen molar-refractivity contribution in [3.63, 3.8) is 0 Å². The van der Waals surface area contributed by atoms with E-state index in [0.29, 0.717) is 5.91 Å². The number of carbonyl (C=O) groups excluding carboxylic acids is 1. The van der Waals surface area contributed by atoms with Crippen LogP contribution in [-0.4, -0.2) is 51.9 Å². The van der Waals surface area contributed by atoms with Gasteiger partial charge in [-0.2, -0.15) is 0 Å². The molecule has 1 amide bonds. The van der Waals surface area contributed by atoms with E-state index in [-0.39, 0.29) is 11.8 Å². The van der Waals surface area contributed by atoms with E-state index < -0.39 is 0 Å². The van der Waals surface area contributed by atoms with E-state index in [1.54, 1.807) is 6.20 Å². The van der Waals surface area contributed by atoms with E-state index >= 15 is 0 Å². The van der Waals surface area contributed by atoms with Crippen molar-refractivity contribution >= 4 is 5.91 Å². The molecule has 0 N–H and O–H groups in total. The second-order valence-corrected chi connectivity index (χ2v) is 7.43. The monoisotopic (exact) mass is 350 g/mol. The van der Waals surface area contributed by atoms with Crippen molar-refractivity contribution in [3.05, 3.63) is 60.2 Å². The van der Waals surface area contributed by atoms with Crippen LogP contribution in [-0.2, 0) is 11.3 Å². The van der Waals surface area contributed by atoms with Gasteiger partial charge in [0.05, 0.1) is 5.92 Å². The first-order valence-corrected chi connectivity index (χ1v) is 9.61. The minimum absolute atomic E-state index is 0.0344. The molecule has 2 aliphatic rings. The third kappa shape index (κ3) is 3.78. The molecule has 0 radical (unpaired) electrons. The first kappa shape index (κ1) is 17.2. The number of aromatic nitrogens is 2. The fraction of sp³-hybridized carbons (Fsp3) is 0.476. The Morgan fingerprint density at radius 1 is 1.00 bits per heavy atom. The molecule has 2 saturated heterocycles. The third-order valence-electron chi connectivity index (χ3n) is 5.64. The van der Waals surface area contributed by atoms with E-state index in [1.165, 1.54) is 17.5 Å². The second-order valence-electron chi connectivity index (χ2n) is 7.43. The van der Waals surface area contributed by atoms with Crippen LogP contribution < -0.4 is 0 Å². The number of carbonyl (C=O) groups is 1. The molecule has 2 aromatic heterocycles. The average molecular weight is 350 g/mol. The molecule has 4 rings (SSSR count). The van der Waals surface area contributed by atoms with Crippen molar-refractivity contribution in [1.82, 2.24) is 19.8 Å². The Morgan fingerprint density at radius 3 is 2.54 bits per heavy atom. The smallest absolute Gasteiger partial charge is 0.227 e. The third-order valence-corrected chi connectivity index (χ3v) is 5.64. The molecule has 0 aliphatic carbocycles. The zero-order chi connectivity index (χ0) is 17.8. The van der Waals surface area contributed by atoms with Gasteiger partial charge in [0.2, 0.25) is 5.91 Å². The summed E-state index contributed by atoms with van der Waals surface area (Å²) >= 11 is 0. The summed E-state index contributed by atoms with van der Waals surface area (Å²) in [6.45, 7) is 4.40. The van der Waals surface area contributed by atoms with Gasteiger partial charge in [-0.05, 0) is 48.6 Å². The number of hydrogen-bond donors (Lipinski definition) is 0. The minimum Gasteiger partial charge on any atom is -0.342 e. The van der Waals surface area contributed by atoms with Crippen LogP contribution in [0.5, 0.6) is 0 Å². The summed E-state index contributed by atoms with van der Waals surface area (Å²) in [6, 6.07) is 8.21. The summed E-state index contributed by atoms with van der Waals surface area (Å²) in [5.74, 6) is 0.608. The SMILES string of the molecule is O=C([C@@H]1CN(Cc2cccnc2)C[C@H]1c1ccncc1)N1CCCCC1. The number of pyridine rings is 2. The summed E-state index contributed by atoms with van der Waals surface area (Å²) < 4.78 is 0. The van der Waals surface area contributed by atoms with Gasteiger partial charge in [0.1, 0.15) is 0 Å².